The molecule has 0 aromatic carbocycles. The average molecular weight is 326 g/mol. The van der Waals surface area contributed by atoms with Gasteiger partial charge >= 0.3 is 12.2 Å². The summed E-state index contributed by atoms with van der Waals surface area (Å²) in [5.74, 6) is 0.767. The zero-order valence-corrected chi connectivity index (χ0v) is 14.4. The summed E-state index contributed by atoms with van der Waals surface area (Å²) in [4.78, 5) is 26.3. The van der Waals surface area contributed by atoms with Gasteiger partial charge < -0.3 is 20.0 Å². The maximum absolute atomic E-state index is 11.6. The lowest BCUT2D eigenvalue weighted by atomic mass is 9.72. The van der Waals surface area contributed by atoms with E-state index in [0.29, 0.717) is 19.0 Å². The number of hydrogen-bond donors (Lipinski definition) is 2. The Hall–Kier alpha value is -1.46. The number of carbonyl (C=O) groups is 2. The Bertz CT molecular complexity index is 440. The molecule has 23 heavy (non-hydrogen) atoms. The van der Waals surface area contributed by atoms with Crippen molar-refractivity contribution in [2.75, 3.05) is 13.1 Å². The van der Waals surface area contributed by atoms with Gasteiger partial charge in [-0.1, -0.05) is 27.2 Å². The van der Waals surface area contributed by atoms with Crippen LogP contribution in [-0.4, -0.2) is 57.4 Å². The topological polar surface area (TPSA) is 81.1 Å². The molecule has 2 amide bonds. The van der Waals surface area contributed by atoms with Crippen LogP contribution in [0.3, 0.4) is 0 Å². The summed E-state index contributed by atoms with van der Waals surface area (Å²) in [6, 6.07) is 0.0508. The molecule has 0 spiro atoms. The van der Waals surface area contributed by atoms with E-state index in [9.17, 15) is 19.8 Å². The van der Waals surface area contributed by atoms with Gasteiger partial charge in [-0.2, -0.15) is 0 Å². The molecule has 2 rings (SSSR count). The monoisotopic (exact) mass is 326 g/mol. The number of rotatable bonds is 5. The third-order valence-electron chi connectivity index (χ3n) is 5.76. The summed E-state index contributed by atoms with van der Waals surface area (Å²) in [5, 5.41) is 19.0. The molecule has 0 aromatic heterocycles. The predicted octanol–water partition coefficient (Wildman–Crippen LogP) is 3.57. The molecule has 2 saturated heterocycles. The third kappa shape index (κ3) is 3.56. The second kappa shape index (κ2) is 7.41. The zero-order chi connectivity index (χ0) is 17.1. The zero-order valence-electron chi connectivity index (χ0n) is 14.4. The van der Waals surface area contributed by atoms with Crippen molar-refractivity contribution in [1.82, 2.24) is 9.80 Å². The molecule has 2 N–H and O–H groups in total. The van der Waals surface area contributed by atoms with Gasteiger partial charge in [-0.25, -0.2) is 9.59 Å². The summed E-state index contributed by atoms with van der Waals surface area (Å²) in [7, 11) is 0. The Labute approximate surface area is 138 Å². The van der Waals surface area contributed by atoms with Crippen LogP contribution < -0.4 is 0 Å². The van der Waals surface area contributed by atoms with Gasteiger partial charge in [-0.05, 0) is 43.4 Å². The first-order valence-electron chi connectivity index (χ1n) is 8.87. The van der Waals surface area contributed by atoms with Crippen LogP contribution in [-0.2, 0) is 0 Å². The highest BCUT2D eigenvalue weighted by molar-refractivity contribution is 5.66. The average Bonchev–Trinajstić information content (AvgIpc) is 3.12. The summed E-state index contributed by atoms with van der Waals surface area (Å²) in [5.41, 5.74) is 0. The van der Waals surface area contributed by atoms with Crippen molar-refractivity contribution in [3.05, 3.63) is 0 Å². The van der Waals surface area contributed by atoms with Gasteiger partial charge in [0.25, 0.3) is 0 Å². The summed E-state index contributed by atoms with van der Waals surface area (Å²) >= 11 is 0. The standard InChI is InChI=1S/C17H30N2O4/c1-4-12(13-7-5-9-18(13)16(20)21)15(11(2)3)14-8-6-10-19(14)17(22)23/h11-15H,4-10H2,1-3H3,(H,20,21)(H,22,23). The lowest BCUT2D eigenvalue weighted by molar-refractivity contribution is 0.0526. The van der Waals surface area contributed by atoms with E-state index in [1.165, 1.54) is 0 Å². The summed E-state index contributed by atoms with van der Waals surface area (Å²) in [6.45, 7) is 7.61. The quantitative estimate of drug-likeness (QED) is 0.809. The lowest BCUT2D eigenvalue weighted by Gasteiger charge is -2.42. The third-order valence-corrected chi connectivity index (χ3v) is 5.76. The second-order valence-corrected chi connectivity index (χ2v) is 7.26. The fraction of sp³-hybridized carbons (Fsp3) is 0.882. The van der Waals surface area contributed by atoms with Crippen molar-refractivity contribution in [3.63, 3.8) is 0 Å². The van der Waals surface area contributed by atoms with E-state index in [0.717, 1.165) is 32.1 Å². The smallest absolute Gasteiger partial charge is 0.407 e. The van der Waals surface area contributed by atoms with Crippen molar-refractivity contribution >= 4 is 12.2 Å². The lowest BCUT2D eigenvalue weighted by Crippen LogP contribution is -2.49. The maximum Gasteiger partial charge on any atom is 0.407 e. The minimum absolute atomic E-state index is 0.0219. The first-order chi connectivity index (χ1) is 10.9. The highest BCUT2D eigenvalue weighted by Gasteiger charge is 2.45. The molecule has 0 radical (unpaired) electrons. The van der Waals surface area contributed by atoms with Crippen LogP contribution in [0.15, 0.2) is 0 Å². The number of hydrogen-bond acceptors (Lipinski definition) is 2. The number of amides is 2. The molecule has 6 nitrogen and oxygen atoms in total. The number of carboxylic acid groups (broad SMARTS) is 2. The first kappa shape index (κ1) is 17.9. The molecule has 0 aliphatic carbocycles. The van der Waals surface area contributed by atoms with Crippen LogP contribution in [0.1, 0.15) is 52.9 Å². The molecule has 2 aliphatic rings. The van der Waals surface area contributed by atoms with Crippen molar-refractivity contribution < 1.29 is 19.8 Å². The highest BCUT2D eigenvalue weighted by atomic mass is 16.4. The van der Waals surface area contributed by atoms with Gasteiger partial charge in [0.2, 0.25) is 0 Å². The Morgan fingerprint density at radius 2 is 1.48 bits per heavy atom. The molecule has 4 unspecified atom stereocenters. The Morgan fingerprint density at radius 3 is 1.91 bits per heavy atom. The molecule has 2 aliphatic heterocycles. The molecule has 0 saturated carbocycles. The fourth-order valence-electron chi connectivity index (χ4n) is 4.93. The van der Waals surface area contributed by atoms with E-state index < -0.39 is 12.2 Å². The Kier molecular flexibility index (Phi) is 5.76. The largest absolute Gasteiger partial charge is 0.465 e. The molecule has 2 heterocycles. The number of nitrogens with zero attached hydrogens (tertiary/aromatic N) is 2. The van der Waals surface area contributed by atoms with Crippen molar-refractivity contribution in [3.8, 4) is 0 Å². The molecular weight excluding hydrogens is 296 g/mol. The normalized spacial score (nSPS) is 27.5. The molecule has 0 bridgehead atoms. The van der Waals surface area contributed by atoms with E-state index in [1.54, 1.807) is 9.80 Å². The summed E-state index contributed by atoms with van der Waals surface area (Å²) < 4.78 is 0. The molecule has 2 fully saturated rings. The van der Waals surface area contributed by atoms with Crippen molar-refractivity contribution in [2.24, 2.45) is 17.8 Å². The SMILES string of the molecule is CCC(C(C(C)C)C1CCCN1C(=O)O)C1CCCN1C(=O)O. The van der Waals surface area contributed by atoms with Crippen LogP contribution in [0.25, 0.3) is 0 Å². The second-order valence-electron chi connectivity index (χ2n) is 7.26. The van der Waals surface area contributed by atoms with E-state index >= 15 is 0 Å². The van der Waals surface area contributed by atoms with Gasteiger partial charge in [-0.15, -0.1) is 0 Å². The predicted molar refractivity (Wildman–Crippen MR) is 87.6 cm³/mol. The van der Waals surface area contributed by atoms with E-state index in [4.69, 9.17) is 0 Å². The van der Waals surface area contributed by atoms with Crippen LogP contribution in [0.2, 0.25) is 0 Å². The van der Waals surface area contributed by atoms with Gasteiger partial charge in [0, 0.05) is 25.2 Å². The van der Waals surface area contributed by atoms with E-state index in [1.807, 2.05) is 0 Å². The Morgan fingerprint density at radius 1 is 1.00 bits per heavy atom. The molecule has 0 aromatic rings. The highest BCUT2D eigenvalue weighted by Crippen LogP contribution is 2.40. The van der Waals surface area contributed by atoms with Crippen LogP contribution in [0.4, 0.5) is 9.59 Å². The van der Waals surface area contributed by atoms with Crippen molar-refractivity contribution in [1.29, 1.82) is 0 Å². The van der Waals surface area contributed by atoms with E-state index in [2.05, 4.69) is 20.8 Å². The molecule has 4 atom stereocenters. The first-order valence-corrected chi connectivity index (χ1v) is 8.87. The van der Waals surface area contributed by atoms with Gasteiger partial charge in [-0.3, -0.25) is 0 Å². The molecule has 6 heteroatoms. The van der Waals surface area contributed by atoms with Gasteiger partial charge in [0.05, 0.1) is 0 Å². The number of likely N-dealkylation sites (tertiary alicyclic amines) is 2. The van der Waals surface area contributed by atoms with Crippen LogP contribution in [0.5, 0.6) is 0 Å². The molecule has 132 valence electrons. The maximum atomic E-state index is 11.6. The van der Waals surface area contributed by atoms with Crippen molar-refractivity contribution in [2.45, 2.75) is 65.0 Å². The Balaban J connectivity index is 2.27. The van der Waals surface area contributed by atoms with E-state index in [-0.39, 0.29) is 23.9 Å². The summed E-state index contributed by atoms with van der Waals surface area (Å²) in [6.07, 6.45) is 2.82. The van der Waals surface area contributed by atoms with Crippen LogP contribution in [0, 0.1) is 17.8 Å². The van der Waals surface area contributed by atoms with Gasteiger partial charge in [0.15, 0.2) is 0 Å². The molecular formula is C17H30N2O4. The minimum atomic E-state index is -0.838. The van der Waals surface area contributed by atoms with Gasteiger partial charge in [0.1, 0.15) is 0 Å². The fourth-order valence-corrected chi connectivity index (χ4v) is 4.93. The minimum Gasteiger partial charge on any atom is -0.465 e. The van der Waals surface area contributed by atoms with Crippen LogP contribution >= 0.6 is 0 Å².